The quantitative estimate of drug-likeness (QED) is 0.861. The first-order valence-corrected chi connectivity index (χ1v) is 9.19. The van der Waals surface area contributed by atoms with E-state index in [1.165, 1.54) is 0 Å². The van der Waals surface area contributed by atoms with Crippen molar-refractivity contribution in [2.45, 2.75) is 44.4 Å². The second kappa shape index (κ2) is 6.05. The Balaban J connectivity index is 1.87. The average Bonchev–Trinajstić information content (AvgIpc) is 2.93. The molecule has 124 valence electrons. The zero-order valence-corrected chi connectivity index (χ0v) is 14.4. The molecular formula is C16H21N3O3S. The van der Waals surface area contributed by atoms with Gasteiger partial charge in [-0.05, 0) is 45.2 Å². The van der Waals surface area contributed by atoms with E-state index in [1.807, 2.05) is 26.0 Å². The maximum absolute atomic E-state index is 13.0. The van der Waals surface area contributed by atoms with Crippen molar-refractivity contribution in [3.63, 3.8) is 0 Å². The number of nitrogens with zero attached hydrogens (tertiary/aromatic N) is 3. The van der Waals surface area contributed by atoms with Gasteiger partial charge in [-0.3, -0.25) is 0 Å². The molecule has 2 heterocycles. The van der Waals surface area contributed by atoms with Crippen molar-refractivity contribution in [1.29, 1.82) is 0 Å². The van der Waals surface area contributed by atoms with Gasteiger partial charge in [-0.2, -0.15) is 9.29 Å². The van der Waals surface area contributed by atoms with Crippen LogP contribution in [0.25, 0.3) is 0 Å². The van der Waals surface area contributed by atoms with Crippen molar-refractivity contribution in [2.24, 2.45) is 0 Å². The van der Waals surface area contributed by atoms with E-state index in [9.17, 15) is 8.42 Å². The van der Waals surface area contributed by atoms with E-state index in [1.54, 1.807) is 17.3 Å². The molecule has 23 heavy (non-hydrogen) atoms. The first-order chi connectivity index (χ1) is 10.9. The second-order valence-corrected chi connectivity index (χ2v) is 8.06. The molecule has 1 aliphatic heterocycles. The first kappa shape index (κ1) is 16.1. The summed E-state index contributed by atoms with van der Waals surface area (Å²) in [7, 11) is -3.50. The Morgan fingerprint density at radius 2 is 2.04 bits per heavy atom. The number of benzene rings is 1. The van der Waals surface area contributed by atoms with Crippen LogP contribution in [0.1, 0.15) is 41.6 Å². The van der Waals surface area contributed by atoms with Gasteiger partial charge in [-0.25, -0.2) is 8.42 Å². The minimum absolute atomic E-state index is 0.0366. The van der Waals surface area contributed by atoms with Crippen LogP contribution >= 0.6 is 0 Å². The predicted octanol–water partition coefficient (Wildman–Crippen LogP) is 2.56. The van der Waals surface area contributed by atoms with Gasteiger partial charge >= 0.3 is 0 Å². The van der Waals surface area contributed by atoms with Gasteiger partial charge in [0.25, 0.3) is 0 Å². The van der Waals surface area contributed by atoms with Crippen molar-refractivity contribution in [2.75, 3.05) is 13.1 Å². The van der Waals surface area contributed by atoms with Crippen molar-refractivity contribution in [3.05, 3.63) is 41.0 Å². The molecule has 0 bridgehead atoms. The zero-order valence-electron chi connectivity index (χ0n) is 13.6. The Bertz CT molecular complexity index is 814. The van der Waals surface area contributed by atoms with Gasteiger partial charge < -0.3 is 4.52 Å². The third-order valence-corrected chi connectivity index (χ3v) is 6.25. The van der Waals surface area contributed by atoms with Crippen LogP contribution in [0.4, 0.5) is 0 Å². The molecule has 1 saturated heterocycles. The highest BCUT2D eigenvalue weighted by Gasteiger charge is 2.33. The molecule has 0 amide bonds. The third-order valence-electron chi connectivity index (χ3n) is 4.22. The molecule has 7 heteroatoms. The first-order valence-electron chi connectivity index (χ1n) is 7.75. The lowest BCUT2D eigenvalue weighted by atomic mass is 10.00. The molecule has 3 rings (SSSR count). The lowest BCUT2D eigenvalue weighted by Gasteiger charge is -2.30. The largest absolute Gasteiger partial charge is 0.339 e. The smallest absolute Gasteiger partial charge is 0.243 e. The normalized spacial score (nSPS) is 19.9. The van der Waals surface area contributed by atoms with Crippen LogP contribution in [0.2, 0.25) is 0 Å². The summed E-state index contributed by atoms with van der Waals surface area (Å²) in [4.78, 5) is 4.63. The Morgan fingerprint density at radius 3 is 2.70 bits per heavy atom. The Morgan fingerprint density at radius 1 is 1.26 bits per heavy atom. The van der Waals surface area contributed by atoms with Crippen LogP contribution in [-0.4, -0.2) is 36.0 Å². The van der Waals surface area contributed by atoms with Crippen LogP contribution in [0, 0.1) is 20.8 Å². The molecule has 1 atom stereocenters. The van der Waals surface area contributed by atoms with Crippen molar-refractivity contribution < 1.29 is 12.9 Å². The number of rotatable bonds is 3. The summed E-state index contributed by atoms with van der Waals surface area (Å²) in [5.41, 5.74) is 1.83. The van der Waals surface area contributed by atoms with Crippen LogP contribution in [-0.2, 0) is 10.0 Å². The maximum atomic E-state index is 13.0. The minimum Gasteiger partial charge on any atom is -0.339 e. The number of hydrogen-bond acceptors (Lipinski definition) is 5. The highest BCUT2D eigenvalue weighted by molar-refractivity contribution is 7.89. The fourth-order valence-electron chi connectivity index (χ4n) is 3.07. The molecule has 0 N–H and O–H groups in total. The molecule has 0 saturated carbocycles. The Kier molecular flexibility index (Phi) is 4.25. The lowest BCUT2D eigenvalue weighted by molar-refractivity contribution is 0.265. The van der Waals surface area contributed by atoms with Gasteiger partial charge in [-0.15, -0.1) is 0 Å². The van der Waals surface area contributed by atoms with E-state index in [-0.39, 0.29) is 5.92 Å². The number of sulfonamides is 1. The average molecular weight is 335 g/mol. The third kappa shape index (κ3) is 3.16. The van der Waals surface area contributed by atoms with Crippen molar-refractivity contribution >= 4 is 10.0 Å². The monoisotopic (exact) mass is 335 g/mol. The number of aromatic nitrogens is 2. The highest BCUT2D eigenvalue weighted by atomic mass is 32.2. The van der Waals surface area contributed by atoms with Gasteiger partial charge in [0.1, 0.15) is 0 Å². The Hall–Kier alpha value is -1.73. The van der Waals surface area contributed by atoms with Crippen molar-refractivity contribution in [1.82, 2.24) is 14.4 Å². The molecule has 0 aliphatic carbocycles. The van der Waals surface area contributed by atoms with Gasteiger partial charge in [0.15, 0.2) is 5.82 Å². The summed E-state index contributed by atoms with van der Waals surface area (Å²) in [6, 6.07) is 5.43. The zero-order chi connectivity index (χ0) is 16.6. The lowest BCUT2D eigenvalue weighted by Crippen LogP contribution is -2.39. The van der Waals surface area contributed by atoms with E-state index in [4.69, 9.17) is 4.52 Å². The fraction of sp³-hybridized carbons (Fsp3) is 0.500. The van der Waals surface area contributed by atoms with Gasteiger partial charge in [0.2, 0.25) is 15.9 Å². The Labute approximate surface area is 136 Å². The summed E-state index contributed by atoms with van der Waals surface area (Å²) < 4.78 is 32.7. The van der Waals surface area contributed by atoms with E-state index in [0.717, 1.165) is 24.0 Å². The summed E-state index contributed by atoms with van der Waals surface area (Å²) in [6.45, 7) is 6.47. The standard InChI is InChI=1S/C16H21N3O3S/c1-11-6-7-15(12(2)9-11)23(20,21)19-8-4-5-14(10-19)16-17-13(3)18-22-16/h6-7,9,14H,4-5,8,10H2,1-3H3/t14-/m0/s1. The molecule has 1 aromatic carbocycles. The molecule has 0 spiro atoms. The summed E-state index contributed by atoms with van der Waals surface area (Å²) >= 11 is 0. The number of hydrogen-bond donors (Lipinski definition) is 0. The topological polar surface area (TPSA) is 76.3 Å². The fourth-order valence-corrected chi connectivity index (χ4v) is 4.80. The molecule has 2 aromatic rings. The van der Waals surface area contributed by atoms with Crippen LogP contribution in [0.5, 0.6) is 0 Å². The summed E-state index contributed by atoms with van der Waals surface area (Å²) in [5.74, 6) is 1.07. The maximum Gasteiger partial charge on any atom is 0.243 e. The van der Waals surface area contributed by atoms with E-state index < -0.39 is 10.0 Å². The summed E-state index contributed by atoms with van der Waals surface area (Å²) in [5, 5.41) is 3.81. The van der Waals surface area contributed by atoms with Crippen molar-refractivity contribution in [3.8, 4) is 0 Å². The molecular weight excluding hydrogens is 314 g/mol. The molecule has 1 aromatic heterocycles. The molecule has 1 fully saturated rings. The minimum atomic E-state index is -3.50. The van der Waals surface area contributed by atoms with Gasteiger partial charge in [-0.1, -0.05) is 22.9 Å². The predicted molar refractivity (Wildman–Crippen MR) is 85.7 cm³/mol. The molecule has 0 radical (unpaired) electrons. The summed E-state index contributed by atoms with van der Waals surface area (Å²) in [6.07, 6.45) is 1.65. The SMILES string of the molecule is Cc1ccc(S(=O)(=O)N2CCC[C@H](c3nc(C)no3)C2)c(C)c1. The van der Waals surface area contributed by atoms with Crippen LogP contribution in [0.15, 0.2) is 27.6 Å². The molecule has 1 aliphatic rings. The number of aryl methyl sites for hydroxylation is 3. The van der Waals surface area contributed by atoms with E-state index >= 15 is 0 Å². The molecule has 0 unspecified atom stereocenters. The van der Waals surface area contributed by atoms with E-state index in [2.05, 4.69) is 10.1 Å². The van der Waals surface area contributed by atoms with Crippen LogP contribution < -0.4 is 0 Å². The van der Waals surface area contributed by atoms with Gasteiger partial charge in [0, 0.05) is 13.1 Å². The number of piperidine rings is 1. The molecule has 6 nitrogen and oxygen atoms in total. The van der Waals surface area contributed by atoms with E-state index in [0.29, 0.717) is 29.7 Å². The highest BCUT2D eigenvalue weighted by Crippen LogP contribution is 2.30. The van der Waals surface area contributed by atoms with Gasteiger partial charge in [0.05, 0.1) is 10.8 Å². The second-order valence-electron chi connectivity index (χ2n) is 6.15. The van der Waals surface area contributed by atoms with Crippen LogP contribution in [0.3, 0.4) is 0 Å².